The average molecular weight is 613 g/mol. The highest BCUT2D eigenvalue weighted by Crippen LogP contribution is 2.53. The Bertz CT molecular complexity index is 3100. The number of hydrogen-bond acceptors (Lipinski definition) is 0. The van der Waals surface area contributed by atoms with Crippen LogP contribution in [0.25, 0.3) is 109 Å². The van der Waals surface area contributed by atoms with E-state index < -0.39 is 0 Å². The van der Waals surface area contributed by atoms with Gasteiger partial charge in [-0.25, -0.2) is 0 Å². The Morgan fingerprint density at radius 1 is 0.312 bits per heavy atom. The second kappa shape index (κ2) is 8.27. The first kappa shape index (κ1) is 25.5. The predicted molar refractivity (Wildman–Crippen MR) is 208 cm³/mol. The minimum atomic E-state index is 0.352. The molecule has 8 aromatic carbocycles. The van der Waals surface area contributed by atoms with Crippen LogP contribution in [0.15, 0.2) is 109 Å². The zero-order valence-electron chi connectivity index (χ0n) is 27.4. The second-order valence-electron chi connectivity index (χ2n) is 14.8. The molecule has 0 unspecified atom stereocenters. The first-order valence-corrected chi connectivity index (χ1v) is 17.4. The maximum absolute atomic E-state index is 2.59. The topological polar surface area (TPSA) is 8.82 Å². The van der Waals surface area contributed by atoms with E-state index in [4.69, 9.17) is 0 Å². The number of fused-ring (bicyclic) bond motifs is 14. The van der Waals surface area contributed by atoms with Crippen LogP contribution in [0, 0.1) is 0 Å². The van der Waals surface area contributed by atoms with Gasteiger partial charge in [0.15, 0.2) is 0 Å². The Morgan fingerprint density at radius 2 is 0.688 bits per heavy atom. The van der Waals surface area contributed by atoms with Gasteiger partial charge >= 0.3 is 0 Å². The fraction of sp³-hybridized carbons (Fsp3) is 0.130. The Morgan fingerprint density at radius 3 is 1.12 bits per heavy atom. The van der Waals surface area contributed by atoms with Crippen LogP contribution in [0.3, 0.4) is 0 Å². The van der Waals surface area contributed by atoms with Crippen molar-refractivity contribution in [2.75, 3.05) is 0 Å². The molecule has 0 fully saturated rings. The molecule has 0 amide bonds. The lowest BCUT2D eigenvalue weighted by atomic mass is 9.82. The highest BCUT2D eigenvalue weighted by Gasteiger charge is 2.29. The van der Waals surface area contributed by atoms with E-state index in [0.29, 0.717) is 11.8 Å². The third-order valence-corrected chi connectivity index (χ3v) is 11.8. The summed E-state index contributed by atoms with van der Waals surface area (Å²) in [6.45, 7) is 9.53. The van der Waals surface area contributed by atoms with Crippen LogP contribution in [0.4, 0.5) is 0 Å². The molecule has 4 heterocycles. The molecule has 226 valence electrons. The molecule has 0 saturated carbocycles. The molecule has 2 nitrogen and oxygen atoms in total. The molecule has 0 N–H and O–H groups in total. The van der Waals surface area contributed by atoms with E-state index in [9.17, 15) is 0 Å². The fourth-order valence-corrected chi connectivity index (χ4v) is 10.2. The first-order valence-electron chi connectivity index (χ1n) is 17.4. The molecule has 0 aliphatic carbocycles. The van der Waals surface area contributed by atoms with Gasteiger partial charge in [-0.2, -0.15) is 0 Å². The van der Waals surface area contributed by atoms with E-state index >= 15 is 0 Å². The molecular formula is C46H32N2. The van der Waals surface area contributed by atoms with E-state index in [1.54, 1.807) is 0 Å². The Hall–Kier alpha value is -5.60. The summed E-state index contributed by atoms with van der Waals surface area (Å²) >= 11 is 0. The lowest BCUT2D eigenvalue weighted by Crippen LogP contribution is -2.00. The molecule has 0 atom stereocenters. The van der Waals surface area contributed by atoms with Crippen LogP contribution < -0.4 is 0 Å². The van der Waals surface area contributed by atoms with Crippen LogP contribution in [-0.4, -0.2) is 8.80 Å². The summed E-state index contributed by atoms with van der Waals surface area (Å²) < 4.78 is 5.19. The number of para-hydroxylation sites is 4. The van der Waals surface area contributed by atoms with Crippen LogP contribution in [-0.2, 0) is 0 Å². The van der Waals surface area contributed by atoms with Gasteiger partial charge in [0.05, 0.1) is 33.1 Å². The van der Waals surface area contributed by atoms with Crippen molar-refractivity contribution in [3.8, 4) is 0 Å². The summed E-state index contributed by atoms with van der Waals surface area (Å²) in [5, 5.41) is 19.3. The molecule has 0 radical (unpaired) electrons. The van der Waals surface area contributed by atoms with Gasteiger partial charge in [0.2, 0.25) is 0 Å². The van der Waals surface area contributed by atoms with E-state index in [-0.39, 0.29) is 0 Å². The van der Waals surface area contributed by atoms with E-state index in [2.05, 4.69) is 146 Å². The highest BCUT2D eigenvalue weighted by atomic mass is 14.9. The molecule has 2 heteroatoms. The van der Waals surface area contributed by atoms with Crippen molar-refractivity contribution in [2.45, 2.75) is 39.5 Å². The molecule has 0 saturated heterocycles. The fourth-order valence-electron chi connectivity index (χ4n) is 10.2. The molecule has 0 bridgehead atoms. The van der Waals surface area contributed by atoms with Crippen LogP contribution in [0.5, 0.6) is 0 Å². The summed E-state index contributed by atoms with van der Waals surface area (Å²) in [7, 11) is 0. The molecular weight excluding hydrogens is 581 g/mol. The summed E-state index contributed by atoms with van der Waals surface area (Å²) in [5.74, 6) is 0.704. The van der Waals surface area contributed by atoms with Gasteiger partial charge in [0, 0.05) is 43.1 Å². The maximum atomic E-state index is 2.59. The largest absolute Gasteiger partial charge is 0.308 e. The molecule has 0 aliphatic heterocycles. The van der Waals surface area contributed by atoms with E-state index in [1.165, 1.54) is 120 Å². The molecule has 12 aromatic rings. The zero-order valence-corrected chi connectivity index (χ0v) is 27.4. The van der Waals surface area contributed by atoms with Gasteiger partial charge < -0.3 is 8.80 Å². The summed E-state index contributed by atoms with van der Waals surface area (Å²) in [4.78, 5) is 0. The number of rotatable bonds is 2. The van der Waals surface area contributed by atoms with Gasteiger partial charge in [0.25, 0.3) is 0 Å². The number of benzene rings is 8. The van der Waals surface area contributed by atoms with Crippen molar-refractivity contribution < 1.29 is 0 Å². The zero-order chi connectivity index (χ0) is 31.7. The van der Waals surface area contributed by atoms with Crippen molar-refractivity contribution in [1.29, 1.82) is 0 Å². The van der Waals surface area contributed by atoms with Crippen molar-refractivity contribution in [3.05, 3.63) is 120 Å². The SMILES string of the molecule is CC(C)c1c2ccc3c4c(ccc(c24)c2c4cccc5c6ccccc6n(c12)c54)c(C(C)C)c1c3c2cccc3c4ccccc4n1c32. The molecule has 48 heavy (non-hydrogen) atoms. The summed E-state index contributed by atoms with van der Waals surface area (Å²) in [5.41, 5.74) is 11.0. The lowest BCUT2D eigenvalue weighted by molar-refractivity contribution is 0.881. The Kier molecular flexibility index (Phi) is 4.39. The lowest BCUT2D eigenvalue weighted by Gasteiger charge is -2.22. The number of nitrogens with zero attached hydrogens (tertiary/aromatic N) is 2. The third kappa shape index (κ3) is 2.63. The Labute approximate surface area is 276 Å². The second-order valence-corrected chi connectivity index (χ2v) is 14.8. The van der Waals surface area contributed by atoms with Crippen molar-refractivity contribution in [1.82, 2.24) is 8.80 Å². The maximum Gasteiger partial charge on any atom is 0.0620 e. The smallest absolute Gasteiger partial charge is 0.0620 e. The van der Waals surface area contributed by atoms with Crippen molar-refractivity contribution >= 4 is 109 Å². The first-order chi connectivity index (χ1) is 23.5. The average Bonchev–Trinajstić information content (AvgIpc) is 3.83. The number of aromatic nitrogens is 2. The van der Waals surface area contributed by atoms with Crippen LogP contribution in [0.2, 0.25) is 0 Å². The number of hydrogen-bond donors (Lipinski definition) is 0. The summed E-state index contributed by atoms with van der Waals surface area (Å²) in [6, 6.07) is 41.6. The van der Waals surface area contributed by atoms with Gasteiger partial charge in [-0.05, 0) is 67.4 Å². The predicted octanol–water partition coefficient (Wildman–Crippen LogP) is 13.1. The summed E-state index contributed by atoms with van der Waals surface area (Å²) in [6.07, 6.45) is 0. The highest BCUT2D eigenvalue weighted by molar-refractivity contribution is 6.41. The molecule has 0 spiro atoms. The normalized spacial score (nSPS) is 13.4. The quantitative estimate of drug-likeness (QED) is 0.172. The van der Waals surface area contributed by atoms with E-state index in [1.807, 2.05) is 0 Å². The third-order valence-electron chi connectivity index (χ3n) is 11.8. The van der Waals surface area contributed by atoms with Gasteiger partial charge in [0.1, 0.15) is 0 Å². The monoisotopic (exact) mass is 612 g/mol. The van der Waals surface area contributed by atoms with Crippen LogP contribution in [0.1, 0.15) is 50.7 Å². The molecule has 12 rings (SSSR count). The van der Waals surface area contributed by atoms with Gasteiger partial charge in [-0.1, -0.05) is 125 Å². The minimum Gasteiger partial charge on any atom is -0.308 e. The van der Waals surface area contributed by atoms with Gasteiger partial charge in [-0.15, -0.1) is 0 Å². The standard InChI is InChI=1S/C46H32N2/c1-23(2)37-29-19-21-32-40-30(38(24(3)4)46-42(32)34-16-10-14-28-26-12-6-8-18-36(26)48(46)44(28)34)20-22-31(39(29)40)41-33-15-9-13-27-25-11-5-7-17-35(25)47(43(27)33)45(37)41/h5-24H,1-4H3. The molecule has 4 aromatic heterocycles. The van der Waals surface area contributed by atoms with Crippen molar-refractivity contribution in [3.63, 3.8) is 0 Å². The van der Waals surface area contributed by atoms with Crippen molar-refractivity contribution in [2.24, 2.45) is 0 Å². The minimum absolute atomic E-state index is 0.352. The Balaban J connectivity index is 1.41. The van der Waals surface area contributed by atoms with Crippen LogP contribution >= 0.6 is 0 Å². The van der Waals surface area contributed by atoms with Gasteiger partial charge in [-0.3, -0.25) is 0 Å². The molecule has 0 aliphatic rings. The van der Waals surface area contributed by atoms with E-state index in [0.717, 1.165) is 0 Å².